The number of aromatic nitrogens is 1. The second-order valence-electron chi connectivity index (χ2n) is 10.6. The van der Waals surface area contributed by atoms with Crippen molar-refractivity contribution in [2.75, 3.05) is 36.5 Å². The Balaban J connectivity index is 2.28. The lowest BCUT2D eigenvalue weighted by Crippen LogP contribution is -2.45. The molecule has 1 fully saturated rings. The summed E-state index contributed by atoms with van der Waals surface area (Å²) in [7, 11) is 1.72. The number of hydrogen-bond donors (Lipinski definition) is 1. The third-order valence-electron chi connectivity index (χ3n) is 7.49. The normalized spacial score (nSPS) is 16.4. The molecule has 9 heteroatoms. The Labute approximate surface area is 244 Å². The molecule has 1 N–H and O–H groups in total. The van der Waals surface area contributed by atoms with Crippen molar-refractivity contribution >= 4 is 47.6 Å². The van der Waals surface area contributed by atoms with Crippen LogP contribution in [0.4, 0.5) is 17.3 Å². The van der Waals surface area contributed by atoms with Crippen LogP contribution >= 0.6 is 11.6 Å². The molecule has 0 saturated carbocycles. The van der Waals surface area contributed by atoms with Crippen molar-refractivity contribution < 1.29 is 9.59 Å². The van der Waals surface area contributed by atoms with E-state index in [-0.39, 0.29) is 18.0 Å². The van der Waals surface area contributed by atoms with Gasteiger partial charge in [-0.2, -0.15) is 0 Å². The van der Waals surface area contributed by atoms with Crippen LogP contribution in [0, 0.1) is 0 Å². The molecule has 1 aromatic heterocycles. The predicted octanol–water partition coefficient (Wildman–Crippen LogP) is 5.92. The lowest BCUT2D eigenvalue weighted by molar-refractivity contribution is -0.109. The van der Waals surface area contributed by atoms with E-state index in [1.54, 1.807) is 11.9 Å². The number of nitrogens with zero attached hydrogens (tertiary/aromatic N) is 5. The molecule has 2 aromatic rings. The lowest BCUT2D eigenvalue weighted by Gasteiger charge is -2.37. The van der Waals surface area contributed by atoms with Gasteiger partial charge in [0.1, 0.15) is 11.7 Å². The number of amidine groups is 1. The summed E-state index contributed by atoms with van der Waals surface area (Å²) < 4.78 is 0. The number of amides is 2. The number of hydrogen-bond acceptors (Lipinski definition) is 5. The monoisotopic (exact) mass is 566 g/mol. The van der Waals surface area contributed by atoms with Crippen LogP contribution in [0.1, 0.15) is 70.4 Å². The van der Waals surface area contributed by atoms with Gasteiger partial charge in [-0.25, -0.2) is 4.98 Å². The fraction of sp³-hybridized carbons (Fsp3) is 0.484. The van der Waals surface area contributed by atoms with E-state index in [2.05, 4.69) is 42.5 Å². The van der Waals surface area contributed by atoms with E-state index < -0.39 is 0 Å². The summed E-state index contributed by atoms with van der Waals surface area (Å²) in [4.78, 5) is 39.8. The SMILES string of the molecule is C=CCCN(C(=NC)c1cc(Cl)c(N2CCCCC2C)nc1N(C=O)c1ccccc1C(C)C)C(C)CNC=O. The van der Waals surface area contributed by atoms with Crippen molar-refractivity contribution in [2.45, 2.75) is 71.4 Å². The summed E-state index contributed by atoms with van der Waals surface area (Å²) in [6.45, 7) is 14.2. The van der Waals surface area contributed by atoms with Crippen LogP contribution in [0.5, 0.6) is 0 Å². The first-order chi connectivity index (χ1) is 19.3. The van der Waals surface area contributed by atoms with Crippen molar-refractivity contribution in [3.8, 4) is 0 Å². The van der Waals surface area contributed by atoms with E-state index >= 15 is 0 Å². The van der Waals surface area contributed by atoms with Crippen molar-refractivity contribution in [3.05, 3.63) is 59.1 Å². The minimum absolute atomic E-state index is 0.0927. The van der Waals surface area contributed by atoms with Crippen LogP contribution in [0.15, 0.2) is 48.0 Å². The fourth-order valence-electron chi connectivity index (χ4n) is 5.35. The molecule has 1 aliphatic rings. The zero-order chi connectivity index (χ0) is 29.2. The minimum Gasteiger partial charge on any atom is -0.357 e. The van der Waals surface area contributed by atoms with Crippen molar-refractivity contribution in [1.82, 2.24) is 15.2 Å². The van der Waals surface area contributed by atoms with E-state index in [1.165, 1.54) is 6.42 Å². The van der Waals surface area contributed by atoms with Gasteiger partial charge in [0.25, 0.3) is 0 Å². The molecule has 2 atom stereocenters. The van der Waals surface area contributed by atoms with Crippen LogP contribution in [0.25, 0.3) is 0 Å². The van der Waals surface area contributed by atoms with Crippen LogP contribution in [0.2, 0.25) is 5.02 Å². The van der Waals surface area contributed by atoms with Crippen LogP contribution in [-0.4, -0.2) is 67.3 Å². The summed E-state index contributed by atoms with van der Waals surface area (Å²) in [5.74, 6) is 1.97. The molecule has 40 heavy (non-hydrogen) atoms. The Hall–Kier alpha value is -3.39. The number of pyridine rings is 1. The Morgan fingerprint density at radius 1 is 1.27 bits per heavy atom. The molecule has 1 aliphatic heterocycles. The first-order valence-corrected chi connectivity index (χ1v) is 14.5. The summed E-state index contributed by atoms with van der Waals surface area (Å²) in [5, 5.41) is 3.29. The number of carbonyl (C=O) groups excluding carboxylic acids is 2. The minimum atomic E-state index is -0.0927. The average Bonchev–Trinajstić information content (AvgIpc) is 2.95. The van der Waals surface area contributed by atoms with E-state index in [0.717, 1.165) is 37.0 Å². The van der Waals surface area contributed by atoms with Gasteiger partial charge in [-0.1, -0.05) is 49.7 Å². The van der Waals surface area contributed by atoms with Gasteiger partial charge in [0.2, 0.25) is 12.8 Å². The van der Waals surface area contributed by atoms with Crippen LogP contribution < -0.4 is 15.1 Å². The fourth-order valence-corrected chi connectivity index (χ4v) is 5.61. The Bertz CT molecular complexity index is 1200. The molecule has 0 aliphatic carbocycles. The highest BCUT2D eigenvalue weighted by Crippen LogP contribution is 2.38. The molecule has 0 bridgehead atoms. The zero-order valence-electron chi connectivity index (χ0n) is 24.4. The number of piperidine rings is 1. The van der Waals surface area contributed by atoms with Crippen molar-refractivity contribution in [3.63, 3.8) is 0 Å². The highest BCUT2D eigenvalue weighted by Gasteiger charge is 2.30. The number of halogens is 1. The third kappa shape index (κ3) is 7.02. The van der Waals surface area contributed by atoms with Gasteiger partial charge in [0.05, 0.1) is 16.3 Å². The van der Waals surface area contributed by atoms with Gasteiger partial charge in [0, 0.05) is 38.8 Å². The van der Waals surface area contributed by atoms with E-state index in [9.17, 15) is 9.59 Å². The summed E-state index contributed by atoms with van der Waals surface area (Å²) in [5.41, 5.74) is 2.45. The molecule has 2 heterocycles. The maximum absolute atomic E-state index is 12.9. The van der Waals surface area contributed by atoms with Gasteiger partial charge in [-0.15, -0.1) is 6.58 Å². The Morgan fingerprint density at radius 3 is 2.65 bits per heavy atom. The van der Waals surface area contributed by atoms with Gasteiger partial charge < -0.3 is 15.1 Å². The maximum Gasteiger partial charge on any atom is 0.219 e. The second kappa shape index (κ2) is 14.8. The van der Waals surface area contributed by atoms with E-state index in [1.807, 2.05) is 43.3 Å². The highest BCUT2D eigenvalue weighted by atomic mass is 35.5. The Kier molecular flexibility index (Phi) is 11.6. The smallest absolute Gasteiger partial charge is 0.219 e. The number of anilines is 3. The molecule has 1 saturated heterocycles. The van der Waals surface area contributed by atoms with Gasteiger partial charge >= 0.3 is 0 Å². The first-order valence-electron chi connectivity index (χ1n) is 14.1. The lowest BCUT2D eigenvalue weighted by atomic mass is 10.00. The first kappa shape index (κ1) is 31.1. The number of benzene rings is 1. The van der Waals surface area contributed by atoms with Gasteiger partial charge in [-0.3, -0.25) is 19.5 Å². The van der Waals surface area contributed by atoms with Crippen LogP contribution in [0.3, 0.4) is 0 Å². The topological polar surface area (TPSA) is 81.1 Å². The summed E-state index contributed by atoms with van der Waals surface area (Å²) in [6.07, 6.45) is 7.36. The second-order valence-corrected chi connectivity index (χ2v) is 11.0. The van der Waals surface area contributed by atoms with E-state index in [0.29, 0.717) is 54.0 Å². The van der Waals surface area contributed by atoms with Crippen molar-refractivity contribution in [2.24, 2.45) is 4.99 Å². The number of carbonyl (C=O) groups is 2. The molecule has 2 amide bonds. The molecule has 0 radical (unpaired) electrons. The van der Waals surface area contributed by atoms with Crippen LogP contribution in [-0.2, 0) is 9.59 Å². The molecule has 1 aromatic carbocycles. The number of para-hydroxylation sites is 1. The zero-order valence-corrected chi connectivity index (χ0v) is 25.2. The molecule has 8 nitrogen and oxygen atoms in total. The quantitative estimate of drug-likeness (QED) is 0.141. The summed E-state index contributed by atoms with van der Waals surface area (Å²) in [6, 6.07) is 9.97. The third-order valence-corrected chi connectivity index (χ3v) is 7.77. The number of aliphatic imine (C=N–C) groups is 1. The maximum atomic E-state index is 12.9. The Morgan fingerprint density at radius 2 is 2.02 bits per heavy atom. The largest absolute Gasteiger partial charge is 0.357 e. The summed E-state index contributed by atoms with van der Waals surface area (Å²) >= 11 is 6.99. The highest BCUT2D eigenvalue weighted by molar-refractivity contribution is 6.33. The predicted molar refractivity (Wildman–Crippen MR) is 166 cm³/mol. The molecule has 216 valence electrons. The van der Waals surface area contributed by atoms with Crippen molar-refractivity contribution in [1.29, 1.82) is 0 Å². The molecular formula is C31H43ClN6O2. The standard InChI is InChI=1S/C31H43ClN6O2/c1-7-8-16-37(24(5)19-34-20-39)29(33-6)26-18-27(32)31(36-17-12-11-13-23(36)4)35-30(26)38(21-40)28-15-10-9-14-25(28)22(2)3/h7,9-10,14-15,18,20-24H,1,8,11-13,16-17,19H2,2-6H3,(H,34,39). The number of nitrogens with one attached hydrogen (secondary N) is 1. The molecule has 2 unspecified atom stereocenters. The van der Waals surface area contributed by atoms with Gasteiger partial charge in [0.15, 0.2) is 5.82 Å². The van der Waals surface area contributed by atoms with E-state index in [4.69, 9.17) is 21.6 Å². The number of rotatable bonds is 13. The molecule has 3 rings (SSSR count). The van der Waals surface area contributed by atoms with Gasteiger partial charge in [-0.05, 0) is 63.1 Å². The molecule has 0 spiro atoms. The molecular weight excluding hydrogens is 524 g/mol. The average molecular weight is 567 g/mol.